The predicted octanol–water partition coefficient (Wildman–Crippen LogP) is 4.08. The second-order valence-corrected chi connectivity index (χ2v) is 8.73. The van der Waals surface area contributed by atoms with E-state index in [-0.39, 0.29) is 0 Å². The lowest BCUT2D eigenvalue weighted by molar-refractivity contribution is 0.602. The number of benzene rings is 2. The van der Waals surface area contributed by atoms with Crippen LogP contribution in [0.1, 0.15) is 11.3 Å². The van der Waals surface area contributed by atoms with Crippen LogP contribution in [-0.2, 0) is 9.84 Å². The number of hydrogen-bond donors (Lipinski definition) is 0. The van der Waals surface area contributed by atoms with Crippen molar-refractivity contribution in [3.63, 3.8) is 0 Å². The molecule has 27 heavy (non-hydrogen) atoms. The van der Waals surface area contributed by atoms with Gasteiger partial charge in [-0.3, -0.25) is 4.40 Å². The molecule has 0 aliphatic rings. The second-order valence-electron chi connectivity index (χ2n) is 6.71. The number of hydrogen-bond acceptors (Lipinski definition) is 4. The van der Waals surface area contributed by atoms with Crippen LogP contribution in [0, 0.1) is 13.8 Å². The maximum atomic E-state index is 11.8. The van der Waals surface area contributed by atoms with Crippen molar-refractivity contribution in [3.05, 3.63) is 72.1 Å². The van der Waals surface area contributed by atoms with Gasteiger partial charge in [0.15, 0.2) is 9.84 Å². The number of rotatable bonds is 3. The smallest absolute Gasteiger partial charge is 0.235 e. The van der Waals surface area contributed by atoms with Gasteiger partial charge in [-0.15, -0.1) is 0 Å². The van der Waals surface area contributed by atoms with Gasteiger partial charge in [0, 0.05) is 29.3 Å². The van der Waals surface area contributed by atoms with Crippen molar-refractivity contribution in [2.45, 2.75) is 18.7 Å². The van der Waals surface area contributed by atoms with E-state index >= 15 is 0 Å². The first kappa shape index (κ1) is 17.4. The molecule has 0 amide bonds. The largest absolute Gasteiger partial charge is 0.283 e. The molecule has 0 saturated carbocycles. The highest BCUT2D eigenvalue weighted by Crippen LogP contribution is 2.33. The Hall–Kier alpha value is -2.99. The standard InChI is InChI=1S/C21H19N3O2S/c1-14-4-6-16(7-5-14)19-20(24-13-12-15(2)22-21(24)23-19)17-8-10-18(11-9-17)27(3,25)26/h4-13H,1-3H3. The van der Waals surface area contributed by atoms with Gasteiger partial charge in [-0.1, -0.05) is 42.0 Å². The lowest BCUT2D eigenvalue weighted by Gasteiger charge is -2.07. The highest BCUT2D eigenvalue weighted by Gasteiger charge is 2.17. The van der Waals surface area contributed by atoms with Gasteiger partial charge in [0.25, 0.3) is 0 Å². The van der Waals surface area contributed by atoms with E-state index in [0.29, 0.717) is 10.7 Å². The van der Waals surface area contributed by atoms with E-state index in [4.69, 9.17) is 4.98 Å². The van der Waals surface area contributed by atoms with Gasteiger partial charge in [0.1, 0.15) is 0 Å². The van der Waals surface area contributed by atoms with Crippen LogP contribution in [-0.4, -0.2) is 29.0 Å². The molecule has 4 aromatic rings. The van der Waals surface area contributed by atoms with Gasteiger partial charge in [-0.2, -0.15) is 0 Å². The molecule has 0 saturated heterocycles. The molecular weight excluding hydrogens is 358 g/mol. The number of sulfone groups is 1. The number of fused-ring (bicyclic) bond motifs is 1. The minimum absolute atomic E-state index is 0.297. The molecule has 0 radical (unpaired) electrons. The van der Waals surface area contributed by atoms with Crippen LogP contribution in [0.4, 0.5) is 0 Å². The fourth-order valence-corrected chi connectivity index (χ4v) is 3.70. The Bertz CT molecular complexity index is 1240. The molecule has 6 heteroatoms. The van der Waals surface area contributed by atoms with E-state index in [0.717, 1.165) is 28.2 Å². The Morgan fingerprint density at radius 1 is 0.815 bits per heavy atom. The molecule has 0 atom stereocenters. The molecule has 2 aromatic heterocycles. The van der Waals surface area contributed by atoms with Crippen LogP contribution in [0.5, 0.6) is 0 Å². The molecule has 136 valence electrons. The maximum absolute atomic E-state index is 11.8. The minimum Gasteiger partial charge on any atom is -0.283 e. The quantitative estimate of drug-likeness (QED) is 0.540. The van der Waals surface area contributed by atoms with E-state index in [2.05, 4.69) is 17.1 Å². The third-order valence-electron chi connectivity index (χ3n) is 4.51. The Morgan fingerprint density at radius 2 is 1.44 bits per heavy atom. The van der Waals surface area contributed by atoms with Crippen molar-refractivity contribution in [3.8, 4) is 22.5 Å². The number of aromatic nitrogens is 3. The Balaban J connectivity index is 1.97. The third-order valence-corrected chi connectivity index (χ3v) is 5.64. The Kier molecular flexibility index (Phi) is 4.08. The molecule has 0 unspecified atom stereocenters. The maximum Gasteiger partial charge on any atom is 0.235 e. The zero-order chi connectivity index (χ0) is 19.2. The van der Waals surface area contributed by atoms with Gasteiger partial charge < -0.3 is 0 Å². The van der Waals surface area contributed by atoms with Crippen LogP contribution >= 0.6 is 0 Å². The summed E-state index contributed by atoms with van der Waals surface area (Å²) >= 11 is 0. The van der Waals surface area contributed by atoms with Crippen molar-refractivity contribution < 1.29 is 8.42 Å². The lowest BCUT2D eigenvalue weighted by atomic mass is 10.0. The van der Waals surface area contributed by atoms with E-state index in [1.165, 1.54) is 11.8 Å². The van der Waals surface area contributed by atoms with Crippen molar-refractivity contribution in [1.29, 1.82) is 0 Å². The molecule has 0 fully saturated rings. The van der Waals surface area contributed by atoms with Crippen molar-refractivity contribution in [1.82, 2.24) is 14.4 Å². The number of imidazole rings is 1. The van der Waals surface area contributed by atoms with Gasteiger partial charge in [0.05, 0.1) is 16.3 Å². The Labute approximate surface area is 158 Å². The summed E-state index contributed by atoms with van der Waals surface area (Å²) in [5.74, 6) is 0.618. The monoisotopic (exact) mass is 377 g/mol. The van der Waals surface area contributed by atoms with Crippen LogP contribution in [0.2, 0.25) is 0 Å². The molecular formula is C21H19N3O2S. The zero-order valence-corrected chi connectivity index (χ0v) is 16.2. The normalized spacial score (nSPS) is 11.8. The summed E-state index contributed by atoms with van der Waals surface area (Å²) in [5, 5.41) is 0. The summed E-state index contributed by atoms with van der Waals surface area (Å²) in [6.45, 7) is 3.98. The highest BCUT2D eigenvalue weighted by molar-refractivity contribution is 7.90. The summed E-state index contributed by atoms with van der Waals surface area (Å²) in [5.41, 5.74) is 5.65. The van der Waals surface area contributed by atoms with Crippen molar-refractivity contribution in [2.24, 2.45) is 0 Å². The first-order valence-corrected chi connectivity index (χ1v) is 10.5. The Morgan fingerprint density at radius 3 is 2.07 bits per heavy atom. The van der Waals surface area contributed by atoms with E-state index in [9.17, 15) is 8.42 Å². The summed E-state index contributed by atoms with van der Waals surface area (Å²) < 4.78 is 25.5. The average Bonchev–Trinajstić information content (AvgIpc) is 3.00. The van der Waals surface area contributed by atoms with E-state index in [1.54, 1.807) is 12.1 Å². The summed E-state index contributed by atoms with van der Waals surface area (Å²) in [6.07, 6.45) is 3.16. The van der Waals surface area contributed by atoms with E-state index < -0.39 is 9.84 Å². The molecule has 0 bridgehead atoms. The average molecular weight is 377 g/mol. The summed E-state index contributed by atoms with van der Waals surface area (Å²) in [4.78, 5) is 9.59. The van der Waals surface area contributed by atoms with Crippen LogP contribution in [0.3, 0.4) is 0 Å². The van der Waals surface area contributed by atoms with Crippen LogP contribution < -0.4 is 0 Å². The van der Waals surface area contributed by atoms with E-state index in [1.807, 2.05) is 54.8 Å². The molecule has 0 N–H and O–H groups in total. The SMILES string of the molecule is Cc1ccc(-c2nc3nc(C)ccn3c2-c2ccc(S(C)(=O)=O)cc2)cc1. The predicted molar refractivity (Wildman–Crippen MR) is 106 cm³/mol. The molecule has 2 aromatic carbocycles. The molecule has 5 nitrogen and oxygen atoms in total. The highest BCUT2D eigenvalue weighted by atomic mass is 32.2. The van der Waals surface area contributed by atoms with Crippen molar-refractivity contribution >= 4 is 15.6 Å². The molecule has 2 heterocycles. The van der Waals surface area contributed by atoms with Crippen LogP contribution in [0.25, 0.3) is 28.3 Å². The van der Waals surface area contributed by atoms with Gasteiger partial charge in [0.2, 0.25) is 5.78 Å². The van der Waals surface area contributed by atoms with Crippen molar-refractivity contribution in [2.75, 3.05) is 6.26 Å². The summed E-state index contributed by atoms with van der Waals surface area (Å²) in [6, 6.07) is 17.0. The van der Waals surface area contributed by atoms with Crippen LogP contribution in [0.15, 0.2) is 65.7 Å². The molecule has 4 rings (SSSR count). The fourth-order valence-electron chi connectivity index (χ4n) is 3.07. The topological polar surface area (TPSA) is 64.3 Å². The first-order valence-electron chi connectivity index (χ1n) is 8.56. The third kappa shape index (κ3) is 3.24. The van der Waals surface area contributed by atoms with Gasteiger partial charge >= 0.3 is 0 Å². The summed E-state index contributed by atoms with van der Waals surface area (Å²) in [7, 11) is -3.24. The molecule has 0 spiro atoms. The fraction of sp³-hybridized carbons (Fsp3) is 0.143. The molecule has 0 aliphatic carbocycles. The number of aryl methyl sites for hydroxylation is 2. The first-order chi connectivity index (χ1) is 12.8. The minimum atomic E-state index is -3.24. The number of nitrogens with zero attached hydrogens (tertiary/aromatic N) is 3. The lowest BCUT2D eigenvalue weighted by Crippen LogP contribution is -1.97. The zero-order valence-electron chi connectivity index (χ0n) is 15.3. The second kappa shape index (κ2) is 6.32. The van der Waals surface area contributed by atoms with Gasteiger partial charge in [-0.05, 0) is 32.0 Å². The van der Waals surface area contributed by atoms with Gasteiger partial charge in [-0.25, -0.2) is 18.4 Å². The molecule has 0 aliphatic heterocycles.